The number of hydrogen-bond acceptors (Lipinski definition) is 1. The molecule has 0 bridgehead atoms. The van der Waals surface area contributed by atoms with Crippen molar-refractivity contribution < 1.29 is 4.74 Å². The van der Waals surface area contributed by atoms with E-state index in [1.165, 1.54) is 42.1 Å². The molecule has 1 aromatic carbocycles. The molecule has 1 aliphatic carbocycles. The Morgan fingerprint density at radius 1 is 1.00 bits per heavy atom. The van der Waals surface area contributed by atoms with Crippen LogP contribution in [0, 0.1) is 3.57 Å². The van der Waals surface area contributed by atoms with Gasteiger partial charge in [-0.25, -0.2) is 0 Å². The molecule has 1 aromatic rings. The molecule has 0 heterocycles. The quantitative estimate of drug-likeness (QED) is 0.581. The lowest BCUT2D eigenvalue weighted by atomic mass is 10.1. The van der Waals surface area contributed by atoms with Gasteiger partial charge in [-0.15, -0.1) is 0 Å². The summed E-state index contributed by atoms with van der Waals surface area (Å²) in [6, 6.07) is 8.29. The van der Waals surface area contributed by atoms with Crippen molar-refractivity contribution in [2.24, 2.45) is 0 Å². The first-order valence-electron chi connectivity index (χ1n) is 5.77. The third-order valence-electron chi connectivity index (χ3n) is 2.93. The molecule has 15 heavy (non-hydrogen) atoms. The fourth-order valence-electron chi connectivity index (χ4n) is 2.08. The van der Waals surface area contributed by atoms with Gasteiger partial charge in [0.1, 0.15) is 5.75 Å². The number of hydrogen-bond donors (Lipinski definition) is 0. The fraction of sp³-hybridized carbons (Fsp3) is 0.538. The van der Waals surface area contributed by atoms with Crippen LogP contribution in [0.15, 0.2) is 24.3 Å². The van der Waals surface area contributed by atoms with Crippen molar-refractivity contribution >= 4 is 22.6 Å². The summed E-state index contributed by atoms with van der Waals surface area (Å²) in [5, 5.41) is 0. The molecule has 0 radical (unpaired) electrons. The van der Waals surface area contributed by atoms with Crippen LogP contribution in [0.5, 0.6) is 5.75 Å². The van der Waals surface area contributed by atoms with Gasteiger partial charge in [-0.05, 0) is 60.4 Å². The summed E-state index contributed by atoms with van der Waals surface area (Å²) in [5.74, 6) is 1.06. The van der Waals surface area contributed by atoms with Crippen LogP contribution in [0.4, 0.5) is 0 Å². The molecule has 0 spiro atoms. The monoisotopic (exact) mass is 316 g/mol. The first-order valence-corrected chi connectivity index (χ1v) is 6.85. The lowest BCUT2D eigenvalue weighted by Gasteiger charge is -2.17. The van der Waals surface area contributed by atoms with Gasteiger partial charge in [0.05, 0.1) is 9.67 Å². The maximum absolute atomic E-state index is 6.06. The molecule has 1 nitrogen and oxygen atoms in total. The zero-order valence-corrected chi connectivity index (χ0v) is 11.1. The summed E-state index contributed by atoms with van der Waals surface area (Å²) < 4.78 is 7.28. The third kappa shape index (κ3) is 3.37. The van der Waals surface area contributed by atoms with Gasteiger partial charge < -0.3 is 4.74 Å². The van der Waals surface area contributed by atoms with E-state index in [1.807, 2.05) is 6.07 Å². The lowest BCUT2D eigenvalue weighted by molar-refractivity contribution is 0.182. The van der Waals surface area contributed by atoms with Crippen LogP contribution in [0.25, 0.3) is 0 Å². The van der Waals surface area contributed by atoms with Gasteiger partial charge >= 0.3 is 0 Å². The second kappa shape index (κ2) is 5.73. The van der Waals surface area contributed by atoms with Gasteiger partial charge in [0, 0.05) is 0 Å². The standard InChI is InChI=1S/C13H17IO/c14-12-9-5-6-10-13(12)15-11-7-3-1-2-4-8-11/h5-6,9-11H,1-4,7-8H2. The van der Waals surface area contributed by atoms with E-state index in [0.29, 0.717) is 6.10 Å². The van der Waals surface area contributed by atoms with Crippen LogP contribution >= 0.6 is 22.6 Å². The number of benzene rings is 1. The lowest BCUT2D eigenvalue weighted by Crippen LogP contribution is -2.15. The Kier molecular flexibility index (Phi) is 4.29. The summed E-state index contributed by atoms with van der Waals surface area (Å²) in [6.45, 7) is 0. The molecule has 1 fully saturated rings. The van der Waals surface area contributed by atoms with E-state index in [4.69, 9.17) is 4.74 Å². The SMILES string of the molecule is Ic1ccccc1OC1CCCCCC1. The van der Waals surface area contributed by atoms with E-state index >= 15 is 0 Å². The summed E-state index contributed by atoms with van der Waals surface area (Å²) in [6.07, 6.45) is 8.32. The molecule has 2 heteroatoms. The van der Waals surface area contributed by atoms with Gasteiger partial charge in [0.25, 0.3) is 0 Å². The Morgan fingerprint density at radius 3 is 2.33 bits per heavy atom. The van der Waals surface area contributed by atoms with Gasteiger partial charge in [-0.1, -0.05) is 25.0 Å². The normalized spacial score (nSPS) is 18.5. The fourth-order valence-corrected chi connectivity index (χ4v) is 2.59. The minimum atomic E-state index is 0.448. The van der Waals surface area contributed by atoms with Crippen LogP contribution in [0.1, 0.15) is 38.5 Å². The Balaban J connectivity index is 1.98. The van der Waals surface area contributed by atoms with E-state index in [9.17, 15) is 0 Å². The van der Waals surface area contributed by atoms with E-state index in [0.717, 1.165) is 5.75 Å². The highest BCUT2D eigenvalue weighted by atomic mass is 127. The largest absolute Gasteiger partial charge is 0.489 e. The maximum Gasteiger partial charge on any atom is 0.133 e. The molecule has 0 atom stereocenters. The van der Waals surface area contributed by atoms with Crippen molar-refractivity contribution in [1.29, 1.82) is 0 Å². The molecule has 0 amide bonds. The van der Waals surface area contributed by atoms with Crippen LogP contribution in [0.2, 0.25) is 0 Å². The van der Waals surface area contributed by atoms with Gasteiger partial charge in [0.2, 0.25) is 0 Å². The molecule has 0 aromatic heterocycles. The Labute approximate surface area is 105 Å². The number of para-hydroxylation sites is 1. The third-order valence-corrected chi connectivity index (χ3v) is 3.82. The van der Waals surface area contributed by atoms with E-state index < -0.39 is 0 Å². The average Bonchev–Trinajstić information content (AvgIpc) is 2.50. The van der Waals surface area contributed by atoms with Gasteiger partial charge in [-0.2, -0.15) is 0 Å². The van der Waals surface area contributed by atoms with E-state index in [2.05, 4.69) is 40.8 Å². The zero-order valence-electron chi connectivity index (χ0n) is 8.92. The molecule has 0 unspecified atom stereocenters. The molecule has 2 rings (SSSR count). The van der Waals surface area contributed by atoms with Crippen molar-refractivity contribution in [1.82, 2.24) is 0 Å². The van der Waals surface area contributed by atoms with Crippen molar-refractivity contribution in [2.75, 3.05) is 0 Å². The molecule has 0 aliphatic heterocycles. The molecule has 0 saturated heterocycles. The Hall–Kier alpha value is -0.250. The molecule has 82 valence electrons. The highest BCUT2D eigenvalue weighted by Gasteiger charge is 2.14. The first kappa shape index (κ1) is 11.2. The zero-order chi connectivity index (χ0) is 10.5. The Morgan fingerprint density at radius 2 is 1.67 bits per heavy atom. The van der Waals surface area contributed by atoms with E-state index in [1.54, 1.807) is 0 Å². The predicted octanol–water partition coefficient (Wildman–Crippen LogP) is 4.39. The van der Waals surface area contributed by atoms with Crippen LogP contribution in [0.3, 0.4) is 0 Å². The molecular weight excluding hydrogens is 299 g/mol. The van der Waals surface area contributed by atoms with Crippen molar-refractivity contribution in [3.05, 3.63) is 27.8 Å². The second-order valence-corrected chi connectivity index (χ2v) is 5.32. The van der Waals surface area contributed by atoms with Crippen LogP contribution in [-0.2, 0) is 0 Å². The van der Waals surface area contributed by atoms with Crippen molar-refractivity contribution in [3.63, 3.8) is 0 Å². The minimum Gasteiger partial charge on any atom is -0.489 e. The molecule has 1 aliphatic rings. The molecular formula is C13H17IO. The Bertz CT molecular complexity index is 303. The number of rotatable bonds is 2. The maximum atomic E-state index is 6.06. The molecule has 0 N–H and O–H groups in total. The molecule has 1 saturated carbocycles. The summed E-state index contributed by atoms with van der Waals surface area (Å²) in [7, 11) is 0. The van der Waals surface area contributed by atoms with Crippen LogP contribution in [-0.4, -0.2) is 6.10 Å². The number of ether oxygens (including phenoxy) is 1. The summed E-state index contributed by atoms with van der Waals surface area (Å²) in [5.41, 5.74) is 0. The minimum absolute atomic E-state index is 0.448. The van der Waals surface area contributed by atoms with Crippen LogP contribution < -0.4 is 4.74 Å². The highest BCUT2D eigenvalue weighted by Crippen LogP contribution is 2.26. The number of halogens is 1. The van der Waals surface area contributed by atoms with Gasteiger partial charge in [0.15, 0.2) is 0 Å². The smallest absolute Gasteiger partial charge is 0.133 e. The van der Waals surface area contributed by atoms with Crippen molar-refractivity contribution in [3.8, 4) is 5.75 Å². The van der Waals surface area contributed by atoms with Crippen molar-refractivity contribution in [2.45, 2.75) is 44.6 Å². The highest BCUT2D eigenvalue weighted by molar-refractivity contribution is 14.1. The van der Waals surface area contributed by atoms with Gasteiger partial charge in [-0.3, -0.25) is 0 Å². The average molecular weight is 316 g/mol. The first-order chi connectivity index (χ1) is 7.36. The second-order valence-electron chi connectivity index (χ2n) is 4.16. The van der Waals surface area contributed by atoms with E-state index in [-0.39, 0.29) is 0 Å². The summed E-state index contributed by atoms with van der Waals surface area (Å²) >= 11 is 2.34. The topological polar surface area (TPSA) is 9.23 Å². The summed E-state index contributed by atoms with van der Waals surface area (Å²) in [4.78, 5) is 0. The predicted molar refractivity (Wildman–Crippen MR) is 71.3 cm³/mol.